The number of hydrogen-bond acceptors (Lipinski definition) is 3. The second-order valence-electron chi connectivity index (χ2n) is 8.45. The number of halogens is 3. The molecule has 0 aromatic rings. The molecule has 2 rings (SSSR count). The lowest BCUT2D eigenvalue weighted by molar-refractivity contribution is -0.146. The van der Waals surface area contributed by atoms with Gasteiger partial charge in [-0.25, -0.2) is 0 Å². The van der Waals surface area contributed by atoms with Crippen molar-refractivity contribution in [1.29, 1.82) is 0 Å². The normalized spacial score (nSPS) is 22.7. The summed E-state index contributed by atoms with van der Waals surface area (Å²) >= 11 is 0. The number of alkyl halides is 3. The van der Waals surface area contributed by atoms with Gasteiger partial charge in [-0.2, -0.15) is 13.2 Å². The Balaban J connectivity index is 1.80. The molecule has 29 heavy (non-hydrogen) atoms. The minimum atomic E-state index is -4.13. The number of nitrogens with zero attached hydrogens (tertiary/aromatic N) is 4. The van der Waals surface area contributed by atoms with Gasteiger partial charge in [0, 0.05) is 32.7 Å². The Hall–Kier alpha value is -1.02. The van der Waals surface area contributed by atoms with Crippen molar-refractivity contribution in [1.82, 2.24) is 20.0 Å². The van der Waals surface area contributed by atoms with Crippen LogP contribution in [0.5, 0.6) is 0 Å². The van der Waals surface area contributed by atoms with Crippen molar-refractivity contribution in [2.45, 2.75) is 52.6 Å². The van der Waals surface area contributed by atoms with Crippen molar-refractivity contribution in [2.24, 2.45) is 16.8 Å². The summed E-state index contributed by atoms with van der Waals surface area (Å²) in [4.78, 5) is 11.1. The summed E-state index contributed by atoms with van der Waals surface area (Å²) in [5.74, 6) is 1.95. The Morgan fingerprint density at radius 2 is 1.76 bits per heavy atom. The van der Waals surface area contributed by atoms with Gasteiger partial charge in [-0.3, -0.25) is 9.89 Å². The molecule has 1 atom stereocenters. The van der Waals surface area contributed by atoms with Crippen LogP contribution in [0.3, 0.4) is 0 Å². The average molecular weight is 420 g/mol. The highest BCUT2D eigenvalue weighted by Gasteiger charge is 2.33. The van der Waals surface area contributed by atoms with Gasteiger partial charge in [0.2, 0.25) is 0 Å². The molecule has 0 bridgehead atoms. The van der Waals surface area contributed by atoms with Crippen LogP contribution < -0.4 is 5.32 Å². The van der Waals surface area contributed by atoms with Gasteiger partial charge in [-0.05, 0) is 70.6 Å². The molecule has 2 aliphatic rings. The number of rotatable bonds is 9. The summed E-state index contributed by atoms with van der Waals surface area (Å²) < 4.78 is 38.2. The van der Waals surface area contributed by atoms with Gasteiger partial charge in [-0.15, -0.1) is 0 Å². The molecule has 2 fully saturated rings. The summed E-state index contributed by atoms with van der Waals surface area (Å²) in [6, 6.07) is 0. The van der Waals surface area contributed by atoms with Crippen molar-refractivity contribution >= 4 is 5.96 Å². The van der Waals surface area contributed by atoms with Crippen molar-refractivity contribution in [3.8, 4) is 0 Å². The van der Waals surface area contributed by atoms with Crippen LogP contribution in [0.25, 0.3) is 0 Å². The van der Waals surface area contributed by atoms with E-state index < -0.39 is 12.7 Å². The smallest absolute Gasteiger partial charge is 0.357 e. The van der Waals surface area contributed by atoms with Crippen LogP contribution in [-0.4, -0.2) is 92.3 Å². The molecule has 8 heteroatoms. The summed E-state index contributed by atoms with van der Waals surface area (Å²) in [5.41, 5.74) is 0. The maximum absolute atomic E-state index is 12.7. The lowest BCUT2D eigenvalue weighted by Gasteiger charge is -2.30. The third kappa shape index (κ3) is 8.70. The standard InChI is InChI=1S/C21H40F3N5/c1-4-25-20(26-11-7-18-8-12-27(5-2)13-9-18)29-14-10-19(16-29)15-28(6-3)17-21(22,23)24/h18-19H,4-17H2,1-3H3,(H,25,26). The van der Waals surface area contributed by atoms with Crippen LogP contribution in [-0.2, 0) is 0 Å². The third-order valence-electron chi connectivity index (χ3n) is 6.24. The fourth-order valence-electron chi connectivity index (χ4n) is 4.47. The largest absolute Gasteiger partial charge is 0.401 e. The van der Waals surface area contributed by atoms with Crippen molar-refractivity contribution in [2.75, 3.05) is 65.4 Å². The first kappa shape index (κ1) is 24.3. The second-order valence-corrected chi connectivity index (χ2v) is 8.45. The molecule has 2 heterocycles. The van der Waals surface area contributed by atoms with Gasteiger partial charge < -0.3 is 15.1 Å². The molecule has 0 spiro atoms. The second kappa shape index (κ2) is 12.0. The van der Waals surface area contributed by atoms with Gasteiger partial charge in [0.15, 0.2) is 5.96 Å². The average Bonchev–Trinajstić information content (AvgIpc) is 3.14. The molecule has 0 saturated carbocycles. The predicted molar refractivity (Wildman–Crippen MR) is 113 cm³/mol. The fourth-order valence-corrected chi connectivity index (χ4v) is 4.47. The third-order valence-corrected chi connectivity index (χ3v) is 6.24. The number of nitrogens with one attached hydrogen (secondary N) is 1. The Labute approximate surface area is 174 Å². The summed E-state index contributed by atoms with van der Waals surface area (Å²) in [7, 11) is 0. The van der Waals surface area contributed by atoms with Crippen LogP contribution in [0.2, 0.25) is 0 Å². The summed E-state index contributed by atoms with van der Waals surface area (Å²) in [6.07, 6.45) is 0.445. The van der Waals surface area contributed by atoms with Crippen LogP contribution in [0.1, 0.15) is 46.5 Å². The number of guanidine groups is 1. The zero-order valence-corrected chi connectivity index (χ0v) is 18.5. The molecule has 2 saturated heterocycles. The van der Waals surface area contributed by atoms with E-state index in [1.807, 2.05) is 0 Å². The van der Waals surface area contributed by atoms with E-state index in [0.717, 1.165) is 57.4 Å². The van der Waals surface area contributed by atoms with Gasteiger partial charge in [-0.1, -0.05) is 13.8 Å². The molecular weight excluding hydrogens is 379 g/mol. The van der Waals surface area contributed by atoms with E-state index in [0.29, 0.717) is 13.1 Å². The summed E-state index contributed by atoms with van der Waals surface area (Å²) in [6.45, 7) is 13.0. The van der Waals surface area contributed by atoms with Crippen LogP contribution in [0, 0.1) is 11.8 Å². The SMILES string of the molecule is CCNC(=NCCC1CCN(CC)CC1)N1CCC(CN(CC)CC(F)(F)F)C1. The van der Waals surface area contributed by atoms with Gasteiger partial charge >= 0.3 is 6.18 Å². The molecular formula is C21H40F3N5. The molecule has 1 unspecified atom stereocenters. The van der Waals surface area contributed by atoms with Gasteiger partial charge in [0.25, 0.3) is 0 Å². The van der Waals surface area contributed by atoms with Crippen LogP contribution in [0.15, 0.2) is 4.99 Å². The lowest BCUT2D eigenvalue weighted by Crippen LogP contribution is -2.42. The predicted octanol–water partition coefficient (Wildman–Crippen LogP) is 3.28. The lowest BCUT2D eigenvalue weighted by atomic mass is 9.94. The molecule has 0 aliphatic carbocycles. The Morgan fingerprint density at radius 3 is 2.34 bits per heavy atom. The van der Waals surface area contributed by atoms with E-state index in [1.54, 1.807) is 6.92 Å². The van der Waals surface area contributed by atoms with E-state index in [1.165, 1.54) is 30.8 Å². The highest BCUT2D eigenvalue weighted by atomic mass is 19.4. The zero-order valence-electron chi connectivity index (χ0n) is 18.5. The molecule has 5 nitrogen and oxygen atoms in total. The molecule has 170 valence electrons. The van der Waals surface area contributed by atoms with Crippen molar-refractivity contribution < 1.29 is 13.2 Å². The molecule has 2 aliphatic heterocycles. The first-order valence-electron chi connectivity index (χ1n) is 11.4. The first-order valence-corrected chi connectivity index (χ1v) is 11.4. The molecule has 0 amide bonds. The monoisotopic (exact) mass is 419 g/mol. The molecule has 1 N–H and O–H groups in total. The Morgan fingerprint density at radius 1 is 1.07 bits per heavy atom. The molecule has 0 aromatic heterocycles. The van der Waals surface area contributed by atoms with Crippen molar-refractivity contribution in [3.63, 3.8) is 0 Å². The number of likely N-dealkylation sites (tertiary alicyclic amines) is 2. The zero-order chi connectivity index (χ0) is 21.3. The summed E-state index contributed by atoms with van der Waals surface area (Å²) in [5, 5.41) is 3.38. The Bertz CT molecular complexity index is 489. The van der Waals surface area contributed by atoms with E-state index in [9.17, 15) is 13.2 Å². The van der Waals surface area contributed by atoms with Crippen LogP contribution in [0.4, 0.5) is 13.2 Å². The minimum absolute atomic E-state index is 0.263. The maximum atomic E-state index is 12.7. The number of piperidine rings is 1. The van der Waals surface area contributed by atoms with E-state index in [4.69, 9.17) is 4.99 Å². The topological polar surface area (TPSA) is 34.1 Å². The minimum Gasteiger partial charge on any atom is -0.357 e. The Kier molecular flexibility index (Phi) is 10.0. The van der Waals surface area contributed by atoms with E-state index >= 15 is 0 Å². The maximum Gasteiger partial charge on any atom is 0.401 e. The molecule has 0 radical (unpaired) electrons. The van der Waals surface area contributed by atoms with Gasteiger partial charge in [0.1, 0.15) is 0 Å². The first-order chi connectivity index (χ1) is 13.8. The van der Waals surface area contributed by atoms with E-state index in [2.05, 4.69) is 29.0 Å². The van der Waals surface area contributed by atoms with Crippen LogP contribution >= 0.6 is 0 Å². The highest BCUT2D eigenvalue weighted by molar-refractivity contribution is 5.80. The molecule has 0 aromatic carbocycles. The highest BCUT2D eigenvalue weighted by Crippen LogP contribution is 2.22. The quantitative estimate of drug-likeness (QED) is 0.459. The van der Waals surface area contributed by atoms with Gasteiger partial charge in [0.05, 0.1) is 6.54 Å². The fraction of sp³-hybridized carbons (Fsp3) is 0.952. The van der Waals surface area contributed by atoms with Crippen molar-refractivity contribution in [3.05, 3.63) is 0 Å². The van der Waals surface area contributed by atoms with E-state index in [-0.39, 0.29) is 5.92 Å². The number of hydrogen-bond donors (Lipinski definition) is 1. The number of aliphatic imine (C=N–C) groups is 1.